The van der Waals surface area contributed by atoms with Crippen LogP contribution in [0.5, 0.6) is 0 Å². The molecular formula is C7H10F3NO6S. The third-order valence-electron chi connectivity index (χ3n) is 1.77. The molecule has 2 N–H and O–H groups in total. The lowest BCUT2D eigenvalue weighted by Gasteiger charge is -2.15. The second-order valence-electron chi connectivity index (χ2n) is 3.07. The Bertz CT molecular complexity index is 417. The first-order valence-electron chi connectivity index (χ1n) is 4.39. The minimum Gasteiger partial charge on any atom is -0.480 e. The number of nitrogens with one attached hydrogen (secondary N) is 1. The van der Waals surface area contributed by atoms with Crippen LogP contribution in [0.1, 0.15) is 12.8 Å². The summed E-state index contributed by atoms with van der Waals surface area (Å²) in [6, 6.07) is -2.06. The van der Waals surface area contributed by atoms with E-state index in [4.69, 9.17) is 5.11 Å². The predicted molar refractivity (Wildman–Crippen MR) is 50.8 cm³/mol. The largest absolute Gasteiger partial charge is 0.511 e. The minimum absolute atomic E-state index is 0.534. The number of halogens is 3. The van der Waals surface area contributed by atoms with Crippen molar-refractivity contribution in [1.29, 1.82) is 0 Å². The van der Waals surface area contributed by atoms with Crippen LogP contribution in [-0.4, -0.2) is 44.1 Å². The van der Waals surface area contributed by atoms with E-state index in [1.807, 2.05) is 0 Å². The summed E-state index contributed by atoms with van der Waals surface area (Å²) in [6.45, 7) is 0. The van der Waals surface area contributed by atoms with Crippen molar-refractivity contribution in [3.63, 3.8) is 0 Å². The fourth-order valence-corrected chi connectivity index (χ4v) is 1.58. The smallest absolute Gasteiger partial charge is 0.480 e. The molecular weight excluding hydrogens is 283 g/mol. The van der Waals surface area contributed by atoms with Crippen molar-refractivity contribution in [2.45, 2.75) is 24.4 Å². The molecule has 106 valence electrons. The van der Waals surface area contributed by atoms with Gasteiger partial charge in [0.2, 0.25) is 0 Å². The molecule has 0 fully saturated rings. The number of esters is 1. The van der Waals surface area contributed by atoms with Gasteiger partial charge in [0.25, 0.3) is 0 Å². The maximum Gasteiger partial charge on any atom is 0.511 e. The fourth-order valence-electron chi connectivity index (χ4n) is 0.851. The highest BCUT2D eigenvalue weighted by Gasteiger charge is 2.47. The Kier molecular flexibility index (Phi) is 5.55. The number of carboxylic acid groups (broad SMARTS) is 1. The predicted octanol–water partition coefficient (Wildman–Crippen LogP) is -0.168. The second-order valence-corrected chi connectivity index (χ2v) is 4.78. The van der Waals surface area contributed by atoms with E-state index in [9.17, 15) is 31.2 Å². The number of ether oxygens (including phenoxy) is 1. The molecule has 7 nitrogen and oxygen atoms in total. The number of carboxylic acids is 1. The van der Waals surface area contributed by atoms with E-state index in [-0.39, 0.29) is 0 Å². The van der Waals surface area contributed by atoms with Gasteiger partial charge in [0.15, 0.2) is 0 Å². The normalized spacial score (nSPS) is 14.0. The Labute approximate surface area is 100.0 Å². The van der Waals surface area contributed by atoms with Crippen LogP contribution in [0, 0.1) is 0 Å². The van der Waals surface area contributed by atoms with Crippen LogP contribution in [0.4, 0.5) is 13.2 Å². The lowest BCUT2D eigenvalue weighted by Crippen LogP contribution is -2.46. The van der Waals surface area contributed by atoms with Crippen molar-refractivity contribution in [3.8, 4) is 0 Å². The number of methoxy groups -OCH3 is 1. The second kappa shape index (κ2) is 6.00. The Morgan fingerprint density at radius 1 is 1.39 bits per heavy atom. The number of alkyl halides is 3. The first-order chi connectivity index (χ1) is 8.01. The van der Waals surface area contributed by atoms with Crippen molar-refractivity contribution in [2.75, 3.05) is 7.11 Å². The Morgan fingerprint density at radius 3 is 2.22 bits per heavy atom. The van der Waals surface area contributed by atoms with Crippen LogP contribution >= 0.6 is 0 Å². The lowest BCUT2D eigenvalue weighted by molar-refractivity contribution is -0.142. The molecule has 0 saturated carbocycles. The van der Waals surface area contributed by atoms with Gasteiger partial charge < -0.3 is 9.84 Å². The van der Waals surface area contributed by atoms with E-state index in [1.54, 1.807) is 0 Å². The van der Waals surface area contributed by atoms with Gasteiger partial charge in [-0.25, -0.2) is 8.42 Å². The lowest BCUT2D eigenvalue weighted by atomic mass is 10.2. The number of sulfonamides is 1. The van der Waals surface area contributed by atoms with Gasteiger partial charge in [-0.2, -0.15) is 17.9 Å². The number of carbonyl (C=O) groups is 2. The molecule has 0 unspecified atom stereocenters. The van der Waals surface area contributed by atoms with Gasteiger partial charge in [-0.15, -0.1) is 0 Å². The van der Waals surface area contributed by atoms with Crippen molar-refractivity contribution < 1.29 is 41.0 Å². The first-order valence-corrected chi connectivity index (χ1v) is 5.88. The van der Waals surface area contributed by atoms with Crippen molar-refractivity contribution in [2.24, 2.45) is 0 Å². The zero-order valence-electron chi connectivity index (χ0n) is 9.02. The van der Waals surface area contributed by atoms with E-state index in [0.29, 0.717) is 0 Å². The average Bonchev–Trinajstić information content (AvgIpc) is 2.21. The fraction of sp³-hybridized carbons (Fsp3) is 0.714. The maximum absolute atomic E-state index is 12.0. The monoisotopic (exact) mass is 293 g/mol. The van der Waals surface area contributed by atoms with E-state index >= 15 is 0 Å². The number of hydrogen-bond donors (Lipinski definition) is 2. The summed E-state index contributed by atoms with van der Waals surface area (Å²) >= 11 is 0. The van der Waals surface area contributed by atoms with Crippen LogP contribution in [0.15, 0.2) is 0 Å². The highest BCUT2D eigenvalue weighted by atomic mass is 32.2. The summed E-state index contributed by atoms with van der Waals surface area (Å²) in [5.41, 5.74) is -5.62. The molecule has 11 heteroatoms. The van der Waals surface area contributed by atoms with E-state index in [0.717, 1.165) is 11.8 Å². The highest BCUT2D eigenvalue weighted by molar-refractivity contribution is 7.90. The van der Waals surface area contributed by atoms with Gasteiger partial charge in [0, 0.05) is 6.42 Å². The molecule has 0 rings (SSSR count). The highest BCUT2D eigenvalue weighted by Crippen LogP contribution is 2.22. The van der Waals surface area contributed by atoms with Gasteiger partial charge in [-0.1, -0.05) is 0 Å². The van der Waals surface area contributed by atoms with Gasteiger partial charge >= 0.3 is 27.5 Å². The number of carbonyl (C=O) groups excluding carboxylic acids is 1. The molecule has 0 radical (unpaired) electrons. The van der Waals surface area contributed by atoms with Crippen molar-refractivity contribution >= 4 is 22.0 Å². The van der Waals surface area contributed by atoms with Gasteiger partial charge in [0.05, 0.1) is 7.11 Å². The summed E-state index contributed by atoms with van der Waals surface area (Å²) in [5, 5.41) is 8.54. The Morgan fingerprint density at radius 2 is 1.89 bits per heavy atom. The Hall–Kier alpha value is -1.36. The van der Waals surface area contributed by atoms with Crippen LogP contribution in [0.3, 0.4) is 0 Å². The molecule has 0 aliphatic rings. The number of hydrogen-bond acceptors (Lipinski definition) is 5. The van der Waals surface area contributed by atoms with Gasteiger partial charge in [-0.3, -0.25) is 9.59 Å². The number of rotatable bonds is 6. The van der Waals surface area contributed by atoms with E-state index in [1.165, 1.54) is 0 Å². The SMILES string of the molecule is COC(=O)CC[C@H](NS(=O)(=O)C(F)(F)F)C(=O)O. The molecule has 0 aliphatic carbocycles. The third-order valence-corrected chi connectivity index (χ3v) is 2.97. The zero-order valence-corrected chi connectivity index (χ0v) is 9.84. The zero-order chi connectivity index (χ0) is 14.6. The molecule has 0 aromatic heterocycles. The van der Waals surface area contributed by atoms with Crippen LogP contribution in [0.25, 0.3) is 0 Å². The van der Waals surface area contributed by atoms with Crippen LogP contribution < -0.4 is 4.72 Å². The van der Waals surface area contributed by atoms with Crippen molar-refractivity contribution in [1.82, 2.24) is 4.72 Å². The minimum atomic E-state index is -5.78. The molecule has 0 aromatic rings. The molecule has 18 heavy (non-hydrogen) atoms. The van der Waals surface area contributed by atoms with Gasteiger partial charge in [-0.05, 0) is 6.42 Å². The third kappa shape index (κ3) is 4.87. The average molecular weight is 293 g/mol. The molecule has 0 bridgehead atoms. The topological polar surface area (TPSA) is 110 Å². The van der Waals surface area contributed by atoms with E-state index < -0.39 is 46.4 Å². The summed E-state index contributed by atoms with van der Waals surface area (Å²) < 4.78 is 62.4. The molecule has 0 saturated heterocycles. The molecule has 0 heterocycles. The van der Waals surface area contributed by atoms with Crippen molar-refractivity contribution in [3.05, 3.63) is 0 Å². The quantitative estimate of drug-likeness (QED) is 0.658. The molecule has 0 amide bonds. The summed E-state index contributed by atoms with van der Waals surface area (Å²) in [4.78, 5) is 21.2. The number of aliphatic carboxylic acids is 1. The first kappa shape index (κ1) is 16.6. The standard InChI is InChI=1S/C7H10F3NO6S/c1-17-5(12)3-2-4(6(13)14)11-18(15,16)7(8,9)10/h4,11H,2-3H2,1H3,(H,13,14)/t4-/m0/s1. The molecule has 1 atom stereocenters. The molecule has 0 aliphatic heterocycles. The molecule has 0 aromatic carbocycles. The van der Waals surface area contributed by atoms with Crippen LogP contribution in [0.2, 0.25) is 0 Å². The summed E-state index contributed by atoms with van der Waals surface area (Å²) in [5.74, 6) is -2.70. The molecule has 0 spiro atoms. The van der Waals surface area contributed by atoms with Crippen LogP contribution in [-0.2, 0) is 24.3 Å². The summed E-state index contributed by atoms with van der Waals surface area (Å²) in [6.07, 6.45) is -1.19. The Balaban J connectivity index is 4.76. The van der Waals surface area contributed by atoms with E-state index in [2.05, 4.69) is 4.74 Å². The summed E-state index contributed by atoms with van der Waals surface area (Å²) in [7, 11) is -4.78. The maximum atomic E-state index is 12.0. The van der Waals surface area contributed by atoms with Gasteiger partial charge in [0.1, 0.15) is 6.04 Å².